The smallest absolute Gasteiger partial charge is 0.122 e. The minimum atomic E-state index is 0.167. The molecule has 0 fully saturated rings. The summed E-state index contributed by atoms with van der Waals surface area (Å²) in [5, 5.41) is 0. The van der Waals surface area contributed by atoms with E-state index >= 15 is 0 Å². The molecule has 0 aliphatic rings. The number of carbonyl (C=O) groups excluding carboxylic acids is 1. The highest BCUT2D eigenvalue weighted by Crippen LogP contribution is 2.15. The van der Waals surface area contributed by atoms with Gasteiger partial charge in [0.15, 0.2) is 0 Å². The molecule has 0 aromatic rings. The Morgan fingerprint density at radius 1 is 0.571 bits per heavy atom. The van der Waals surface area contributed by atoms with Crippen LogP contribution >= 0.6 is 0 Å². The quantitative estimate of drug-likeness (QED) is 0.120. The van der Waals surface area contributed by atoms with E-state index in [4.69, 9.17) is 4.74 Å². The van der Waals surface area contributed by atoms with Gasteiger partial charge < -0.3 is 9.53 Å². The number of hydrogen-bond donors (Lipinski definition) is 0. The Labute approximate surface area is 177 Å². The van der Waals surface area contributed by atoms with E-state index in [0.717, 1.165) is 25.7 Å². The van der Waals surface area contributed by atoms with Gasteiger partial charge in [-0.05, 0) is 12.8 Å². The molecule has 0 aliphatic carbocycles. The molecule has 0 rings (SSSR count). The van der Waals surface area contributed by atoms with E-state index < -0.39 is 0 Å². The minimum absolute atomic E-state index is 0.167. The van der Waals surface area contributed by atoms with Crippen molar-refractivity contribution in [3.63, 3.8) is 0 Å². The molecule has 1 unspecified atom stereocenters. The van der Waals surface area contributed by atoms with Crippen LogP contribution in [0.5, 0.6) is 0 Å². The lowest BCUT2D eigenvalue weighted by Gasteiger charge is -2.15. The molecular weight excluding hydrogens is 344 g/mol. The Morgan fingerprint density at radius 2 is 0.964 bits per heavy atom. The van der Waals surface area contributed by atoms with Gasteiger partial charge in [-0.3, -0.25) is 0 Å². The number of hydrogen-bond acceptors (Lipinski definition) is 2. The van der Waals surface area contributed by atoms with E-state index in [2.05, 4.69) is 13.8 Å². The third-order valence-corrected chi connectivity index (χ3v) is 5.84. The van der Waals surface area contributed by atoms with Crippen molar-refractivity contribution >= 4 is 6.29 Å². The van der Waals surface area contributed by atoms with Gasteiger partial charge in [0.05, 0.1) is 6.10 Å². The molecule has 0 saturated carbocycles. The summed E-state index contributed by atoms with van der Waals surface area (Å²) < 4.78 is 6.00. The van der Waals surface area contributed by atoms with Gasteiger partial charge in [0.2, 0.25) is 0 Å². The highest BCUT2D eigenvalue weighted by molar-refractivity contribution is 5.50. The fraction of sp³-hybridized carbons (Fsp3) is 0.962. The van der Waals surface area contributed by atoms with Crippen LogP contribution in [0.4, 0.5) is 0 Å². The van der Waals surface area contributed by atoms with Crippen LogP contribution in [0.15, 0.2) is 0 Å². The third kappa shape index (κ3) is 21.9. The van der Waals surface area contributed by atoms with Crippen LogP contribution < -0.4 is 0 Å². The lowest BCUT2D eigenvalue weighted by atomic mass is 10.0. The highest BCUT2D eigenvalue weighted by atomic mass is 16.5. The van der Waals surface area contributed by atoms with Crippen LogP contribution in [0.2, 0.25) is 0 Å². The number of unbranched alkanes of at least 4 members (excludes halogenated alkanes) is 17. The molecule has 0 radical (unpaired) electrons. The van der Waals surface area contributed by atoms with Crippen molar-refractivity contribution in [1.82, 2.24) is 0 Å². The number of carbonyl (C=O) groups is 1. The standard InChI is InChI=1S/C26H52O2/c1-3-5-7-9-11-13-15-17-19-21-25-28-26(23-24-27)22-20-18-16-14-12-10-8-6-4-2/h24,26H,3-23,25H2,1-2H3. The predicted octanol–water partition coefficient (Wildman–Crippen LogP) is 8.80. The number of ether oxygens (including phenoxy) is 1. The minimum Gasteiger partial charge on any atom is -0.378 e. The Balaban J connectivity index is 3.41. The zero-order chi connectivity index (χ0) is 20.5. The predicted molar refractivity (Wildman–Crippen MR) is 124 cm³/mol. The second-order valence-electron chi connectivity index (χ2n) is 8.69. The Bertz CT molecular complexity index is 290. The van der Waals surface area contributed by atoms with Crippen LogP contribution in [0.3, 0.4) is 0 Å². The summed E-state index contributed by atoms with van der Waals surface area (Å²) in [7, 11) is 0. The van der Waals surface area contributed by atoms with E-state index in [0.29, 0.717) is 6.42 Å². The Hall–Kier alpha value is -0.370. The first-order valence-corrected chi connectivity index (χ1v) is 12.9. The van der Waals surface area contributed by atoms with Crippen molar-refractivity contribution in [1.29, 1.82) is 0 Å². The van der Waals surface area contributed by atoms with Crippen LogP contribution in [-0.2, 0) is 9.53 Å². The zero-order valence-corrected chi connectivity index (χ0v) is 19.5. The number of rotatable bonds is 24. The Kier molecular flexibility index (Phi) is 24.3. The Morgan fingerprint density at radius 3 is 1.39 bits per heavy atom. The van der Waals surface area contributed by atoms with Crippen molar-refractivity contribution < 1.29 is 9.53 Å². The van der Waals surface area contributed by atoms with E-state index in [-0.39, 0.29) is 6.10 Å². The fourth-order valence-electron chi connectivity index (χ4n) is 3.90. The second-order valence-corrected chi connectivity index (χ2v) is 8.69. The van der Waals surface area contributed by atoms with Gasteiger partial charge in [0.25, 0.3) is 0 Å². The summed E-state index contributed by atoms with van der Waals surface area (Å²) in [6.07, 6.45) is 28.6. The molecule has 0 bridgehead atoms. The average Bonchev–Trinajstić information content (AvgIpc) is 2.70. The van der Waals surface area contributed by atoms with Gasteiger partial charge in [0, 0.05) is 13.0 Å². The summed E-state index contributed by atoms with van der Waals surface area (Å²) in [5.41, 5.74) is 0. The van der Waals surface area contributed by atoms with Crippen molar-refractivity contribution in [2.75, 3.05) is 6.61 Å². The van der Waals surface area contributed by atoms with Crippen LogP contribution in [-0.4, -0.2) is 19.0 Å². The van der Waals surface area contributed by atoms with Gasteiger partial charge in [-0.15, -0.1) is 0 Å². The molecule has 0 heterocycles. The molecule has 0 aromatic carbocycles. The topological polar surface area (TPSA) is 26.3 Å². The molecular formula is C26H52O2. The maximum absolute atomic E-state index is 10.9. The molecule has 0 aromatic heterocycles. The van der Waals surface area contributed by atoms with Crippen molar-refractivity contribution in [2.45, 2.75) is 155 Å². The van der Waals surface area contributed by atoms with Gasteiger partial charge >= 0.3 is 0 Å². The molecule has 1 atom stereocenters. The van der Waals surface area contributed by atoms with Crippen molar-refractivity contribution in [3.05, 3.63) is 0 Å². The van der Waals surface area contributed by atoms with Crippen LogP contribution in [0.1, 0.15) is 149 Å². The third-order valence-electron chi connectivity index (χ3n) is 5.84. The molecule has 0 aliphatic heterocycles. The normalized spacial score (nSPS) is 12.4. The highest BCUT2D eigenvalue weighted by Gasteiger charge is 2.08. The summed E-state index contributed by atoms with van der Waals surface area (Å²) >= 11 is 0. The van der Waals surface area contributed by atoms with Gasteiger partial charge in [0.1, 0.15) is 6.29 Å². The summed E-state index contributed by atoms with van der Waals surface area (Å²) in [6.45, 7) is 5.39. The monoisotopic (exact) mass is 396 g/mol. The van der Waals surface area contributed by atoms with Gasteiger partial charge in [-0.1, -0.05) is 129 Å². The van der Waals surface area contributed by atoms with E-state index in [1.54, 1.807) is 0 Å². The van der Waals surface area contributed by atoms with Gasteiger partial charge in [-0.25, -0.2) is 0 Å². The van der Waals surface area contributed by atoms with E-state index in [1.807, 2.05) is 0 Å². The molecule has 0 N–H and O–H groups in total. The molecule has 168 valence electrons. The average molecular weight is 397 g/mol. The SMILES string of the molecule is CCCCCCCCCCCCOC(CC=O)CCCCCCCCCCC. The molecule has 2 nitrogen and oxygen atoms in total. The van der Waals surface area contributed by atoms with E-state index in [9.17, 15) is 4.79 Å². The van der Waals surface area contributed by atoms with Gasteiger partial charge in [-0.2, -0.15) is 0 Å². The van der Waals surface area contributed by atoms with Crippen molar-refractivity contribution in [2.24, 2.45) is 0 Å². The van der Waals surface area contributed by atoms with Crippen LogP contribution in [0, 0.1) is 0 Å². The first kappa shape index (κ1) is 27.6. The number of aldehydes is 1. The fourth-order valence-corrected chi connectivity index (χ4v) is 3.90. The molecule has 28 heavy (non-hydrogen) atoms. The maximum Gasteiger partial charge on any atom is 0.122 e. The molecule has 0 saturated heterocycles. The zero-order valence-electron chi connectivity index (χ0n) is 19.5. The second kappa shape index (κ2) is 24.7. The molecule has 2 heteroatoms. The molecule has 0 spiro atoms. The lowest BCUT2D eigenvalue weighted by Crippen LogP contribution is -2.14. The lowest BCUT2D eigenvalue weighted by molar-refractivity contribution is -0.110. The van der Waals surface area contributed by atoms with Crippen LogP contribution in [0.25, 0.3) is 0 Å². The van der Waals surface area contributed by atoms with Crippen molar-refractivity contribution in [3.8, 4) is 0 Å². The first-order valence-electron chi connectivity index (χ1n) is 12.9. The summed E-state index contributed by atoms with van der Waals surface area (Å²) in [4.78, 5) is 10.9. The largest absolute Gasteiger partial charge is 0.378 e. The molecule has 0 amide bonds. The first-order chi connectivity index (χ1) is 13.8. The summed E-state index contributed by atoms with van der Waals surface area (Å²) in [5.74, 6) is 0. The summed E-state index contributed by atoms with van der Waals surface area (Å²) in [6, 6.07) is 0. The maximum atomic E-state index is 10.9. The van der Waals surface area contributed by atoms with E-state index in [1.165, 1.54) is 116 Å².